The van der Waals surface area contributed by atoms with Crippen LogP contribution in [0.5, 0.6) is 5.75 Å². The van der Waals surface area contributed by atoms with E-state index in [1.54, 1.807) is 13.0 Å². The molecule has 1 atom stereocenters. The summed E-state index contributed by atoms with van der Waals surface area (Å²) in [7, 11) is 0. The molecule has 2 nitrogen and oxygen atoms in total. The van der Waals surface area contributed by atoms with Gasteiger partial charge >= 0.3 is 0 Å². The average Bonchev–Trinajstić information content (AvgIpc) is 2.10. The molecule has 0 bridgehead atoms. The summed E-state index contributed by atoms with van der Waals surface area (Å²) in [5.41, 5.74) is 6.68. The summed E-state index contributed by atoms with van der Waals surface area (Å²) in [5.74, 6) is -1.04. The molecule has 0 heterocycles. The maximum Gasteiger partial charge on any atom is 0.165 e. The lowest BCUT2D eigenvalue weighted by atomic mass is 10.0. The van der Waals surface area contributed by atoms with Gasteiger partial charge in [-0.1, -0.05) is 12.1 Å². The second-order valence-corrected chi connectivity index (χ2v) is 2.95. The van der Waals surface area contributed by atoms with Gasteiger partial charge in [-0.25, -0.2) is 4.39 Å². The maximum absolute atomic E-state index is 13.0. The van der Waals surface area contributed by atoms with Crippen molar-refractivity contribution in [3.05, 3.63) is 41.7 Å². The summed E-state index contributed by atoms with van der Waals surface area (Å²) in [5, 5.41) is 9.32. The fourth-order valence-corrected chi connectivity index (χ4v) is 1.14. The van der Waals surface area contributed by atoms with Crippen LogP contribution in [0.15, 0.2) is 24.8 Å². The fraction of sp³-hybridized carbons (Fsp3) is 0.200. The lowest BCUT2D eigenvalue weighted by Crippen LogP contribution is -2.07. The van der Waals surface area contributed by atoms with Gasteiger partial charge in [-0.3, -0.25) is 0 Å². The van der Waals surface area contributed by atoms with Crippen molar-refractivity contribution in [3.63, 3.8) is 0 Å². The smallest absolute Gasteiger partial charge is 0.165 e. The van der Waals surface area contributed by atoms with E-state index in [2.05, 4.69) is 6.58 Å². The van der Waals surface area contributed by atoms with E-state index < -0.39 is 17.6 Å². The zero-order valence-corrected chi connectivity index (χ0v) is 8.64. The first-order valence-corrected chi connectivity index (χ1v) is 3.93. The molecule has 4 heteroatoms. The van der Waals surface area contributed by atoms with Crippen molar-refractivity contribution < 1.29 is 9.50 Å². The summed E-state index contributed by atoms with van der Waals surface area (Å²) in [6, 6.07) is 2.37. The Morgan fingerprint density at radius 3 is 2.64 bits per heavy atom. The van der Waals surface area contributed by atoms with Crippen molar-refractivity contribution in [3.8, 4) is 5.75 Å². The Morgan fingerprint density at radius 1 is 1.57 bits per heavy atom. The van der Waals surface area contributed by atoms with E-state index in [-0.39, 0.29) is 12.4 Å². The van der Waals surface area contributed by atoms with Crippen LogP contribution in [-0.4, -0.2) is 5.11 Å². The zero-order valence-electron chi connectivity index (χ0n) is 7.83. The van der Waals surface area contributed by atoms with Crippen LogP contribution in [0.25, 0.3) is 0 Å². The van der Waals surface area contributed by atoms with E-state index in [1.807, 2.05) is 0 Å². The summed E-state index contributed by atoms with van der Waals surface area (Å²) in [6.07, 6.45) is 1.45. The Kier molecular flexibility index (Phi) is 4.60. The molecule has 3 N–H and O–H groups in total. The first kappa shape index (κ1) is 12.9. The number of benzene rings is 1. The van der Waals surface area contributed by atoms with Crippen LogP contribution >= 0.6 is 12.4 Å². The monoisotopic (exact) mass is 217 g/mol. The molecular weight excluding hydrogens is 205 g/mol. The highest BCUT2D eigenvalue weighted by molar-refractivity contribution is 5.85. The highest BCUT2D eigenvalue weighted by Gasteiger charge is 2.12. The highest BCUT2D eigenvalue weighted by Crippen LogP contribution is 2.27. The van der Waals surface area contributed by atoms with Gasteiger partial charge in [-0.15, -0.1) is 19.0 Å². The number of aryl methyl sites for hydroxylation is 1. The summed E-state index contributed by atoms with van der Waals surface area (Å²) in [6.45, 7) is 5.22. The fourth-order valence-electron chi connectivity index (χ4n) is 1.14. The van der Waals surface area contributed by atoms with Crippen molar-refractivity contribution in [2.75, 3.05) is 0 Å². The number of hydrogen-bond acceptors (Lipinski definition) is 2. The summed E-state index contributed by atoms with van der Waals surface area (Å²) >= 11 is 0. The van der Waals surface area contributed by atoms with E-state index in [0.29, 0.717) is 5.56 Å². The van der Waals surface area contributed by atoms with Gasteiger partial charge < -0.3 is 10.8 Å². The van der Waals surface area contributed by atoms with E-state index in [9.17, 15) is 9.50 Å². The summed E-state index contributed by atoms with van der Waals surface area (Å²) < 4.78 is 13.0. The minimum Gasteiger partial charge on any atom is -0.505 e. The van der Waals surface area contributed by atoms with Gasteiger partial charge in [0.25, 0.3) is 0 Å². The number of halogens is 2. The molecule has 1 aromatic carbocycles. The van der Waals surface area contributed by atoms with Crippen LogP contribution in [0.2, 0.25) is 0 Å². The molecule has 0 aliphatic rings. The molecule has 1 aromatic rings. The third-order valence-corrected chi connectivity index (χ3v) is 1.85. The largest absolute Gasteiger partial charge is 0.505 e. The second-order valence-electron chi connectivity index (χ2n) is 2.95. The molecule has 0 radical (unpaired) electrons. The molecule has 0 amide bonds. The molecule has 78 valence electrons. The lowest BCUT2D eigenvalue weighted by Gasteiger charge is -2.10. The van der Waals surface area contributed by atoms with Gasteiger partial charge in [-0.2, -0.15) is 0 Å². The third kappa shape index (κ3) is 2.47. The SMILES string of the molecule is C=C[C@@H](N)c1cc(C)cc(F)c1O.Cl. The maximum atomic E-state index is 13.0. The lowest BCUT2D eigenvalue weighted by molar-refractivity contribution is 0.423. The van der Waals surface area contributed by atoms with Crippen LogP contribution in [-0.2, 0) is 0 Å². The Balaban J connectivity index is 0.00000169. The molecule has 1 rings (SSSR count). The van der Waals surface area contributed by atoms with Crippen molar-refractivity contribution >= 4 is 12.4 Å². The van der Waals surface area contributed by atoms with Crippen molar-refractivity contribution in [2.45, 2.75) is 13.0 Å². The van der Waals surface area contributed by atoms with Crippen molar-refractivity contribution in [1.82, 2.24) is 0 Å². The van der Waals surface area contributed by atoms with Gasteiger partial charge in [-0.05, 0) is 18.6 Å². The van der Waals surface area contributed by atoms with Crippen LogP contribution < -0.4 is 5.73 Å². The Bertz CT molecular complexity index is 341. The van der Waals surface area contributed by atoms with E-state index in [1.165, 1.54) is 12.1 Å². The van der Waals surface area contributed by atoms with Gasteiger partial charge in [0.1, 0.15) is 0 Å². The molecule has 0 aromatic heterocycles. The predicted octanol–water partition coefficient (Wildman–Crippen LogP) is 2.45. The van der Waals surface area contributed by atoms with E-state index in [0.717, 1.165) is 5.56 Å². The molecular formula is C10H13ClFNO. The second kappa shape index (κ2) is 4.98. The van der Waals surface area contributed by atoms with Gasteiger partial charge in [0.2, 0.25) is 0 Å². The molecule has 0 spiro atoms. The zero-order chi connectivity index (χ0) is 10.0. The number of nitrogens with two attached hydrogens (primary N) is 1. The minimum absolute atomic E-state index is 0. The van der Waals surface area contributed by atoms with E-state index >= 15 is 0 Å². The Hall–Kier alpha value is -1.06. The van der Waals surface area contributed by atoms with E-state index in [4.69, 9.17) is 5.73 Å². The first-order valence-electron chi connectivity index (χ1n) is 3.93. The van der Waals surface area contributed by atoms with Gasteiger partial charge in [0, 0.05) is 5.56 Å². The minimum atomic E-state index is -0.646. The molecule has 0 aliphatic heterocycles. The third-order valence-electron chi connectivity index (χ3n) is 1.85. The van der Waals surface area contributed by atoms with Gasteiger partial charge in [0.15, 0.2) is 11.6 Å². The summed E-state index contributed by atoms with van der Waals surface area (Å²) in [4.78, 5) is 0. The number of aromatic hydroxyl groups is 1. The molecule has 0 saturated carbocycles. The Morgan fingerprint density at radius 2 is 2.14 bits per heavy atom. The number of phenolic OH excluding ortho intramolecular Hbond substituents is 1. The molecule has 0 aliphatic carbocycles. The average molecular weight is 218 g/mol. The van der Waals surface area contributed by atoms with Crippen LogP contribution in [0, 0.1) is 12.7 Å². The molecule has 0 unspecified atom stereocenters. The first-order chi connectivity index (χ1) is 6.06. The van der Waals surface area contributed by atoms with Crippen LogP contribution in [0.1, 0.15) is 17.2 Å². The molecule has 14 heavy (non-hydrogen) atoms. The Labute approximate surface area is 88.7 Å². The molecule has 0 fully saturated rings. The highest BCUT2D eigenvalue weighted by atomic mass is 35.5. The normalized spacial score (nSPS) is 11.6. The predicted molar refractivity (Wildman–Crippen MR) is 57.2 cm³/mol. The van der Waals surface area contributed by atoms with Gasteiger partial charge in [0.05, 0.1) is 6.04 Å². The standard InChI is InChI=1S/C10H12FNO.ClH/c1-3-9(12)7-4-6(2)5-8(11)10(7)13;/h3-5,9,13H,1,12H2,2H3;1H/t9-;/m1./s1. The van der Waals surface area contributed by atoms with Crippen molar-refractivity contribution in [1.29, 1.82) is 0 Å². The van der Waals surface area contributed by atoms with Crippen LogP contribution in [0.4, 0.5) is 4.39 Å². The van der Waals surface area contributed by atoms with Crippen molar-refractivity contribution in [2.24, 2.45) is 5.73 Å². The topological polar surface area (TPSA) is 46.2 Å². The van der Waals surface area contributed by atoms with Crippen LogP contribution in [0.3, 0.4) is 0 Å². The number of hydrogen-bond donors (Lipinski definition) is 2. The number of rotatable bonds is 2. The molecule has 0 saturated heterocycles. The number of phenols is 1. The quantitative estimate of drug-likeness (QED) is 0.748.